The van der Waals surface area contributed by atoms with Gasteiger partial charge in [0.05, 0.1) is 16.4 Å². The SMILES string of the molecule is CCS(=O)(=O)N1CCc2cc(C(=O)COc3ccc([N+](=O)[O-])cc3C(F)(F)F)ccc21. The first-order valence-electron chi connectivity index (χ1n) is 9.09. The Labute approximate surface area is 175 Å². The van der Waals surface area contributed by atoms with Crippen LogP contribution >= 0.6 is 0 Å². The number of anilines is 1. The monoisotopic (exact) mass is 458 g/mol. The molecule has 0 unspecified atom stereocenters. The zero-order valence-corrected chi connectivity index (χ0v) is 17.0. The average Bonchev–Trinajstić information content (AvgIpc) is 3.15. The van der Waals surface area contributed by atoms with E-state index in [2.05, 4.69) is 0 Å². The predicted molar refractivity (Wildman–Crippen MR) is 105 cm³/mol. The number of nitro benzene ring substituents is 1. The first-order chi connectivity index (χ1) is 14.4. The van der Waals surface area contributed by atoms with E-state index in [1.165, 1.54) is 29.4 Å². The molecule has 0 saturated carbocycles. The molecule has 0 saturated heterocycles. The lowest BCUT2D eigenvalue weighted by Gasteiger charge is -2.18. The summed E-state index contributed by atoms with van der Waals surface area (Å²) in [6.07, 6.45) is -4.51. The second kappa shape index (κ2) is 8.17. The van der Waals surface area contributed by atoms with E-state index in [-0.39, 0.29) is 17.9 Å². The summed E-state index contributed by atoms with van der Waals surface area (Å²) in [6, 6.07) is 6.35. The highest BCUT2D eigenvalue weighted by Gasteiger charge is 2.36. The molecule has 0 amide bonds. The van der Waals surface area contributed by atoms with Crippen molar-refractivity contribution < 1.29 is 36.0 Å². The van der Waals surface area contributed by atoms with Gasteiger partial charge in [-0.15, -0.1) is 0 Å². The second-order valence-corrected chi connectivity index (χ2v) is 8.90. The standard InChI is InChI=1S/C19H17F3N2O6S/c1-2-31(28,29)23-8-7-12-9-13(3-5-16(12)23)17(25)11-30-18-6-4-14(24(26)27)10-15(18)19(20,21)22/h3-6,9-10H,2,7-8,11H2,1H3. The van der Waals surface area contributed by atoms with Crippen LogP contribution in [-0.4, -0.2) is 38.0 Å². The lowest BCUT2D eigenvalue weighted by molar-refractivity contribution is -0.385. The van der Waals surface area contributed by atoms with Gasteiger partial charge in [0, 0.05) is 24.2 Å². The molecule has 0 spiro atoms. The van der Waals surface area contributed by atoms with Gasteiger partial charge in [-0.1, -0.05) is 0 Å². The largest absolute Gasteiger partial charge is 0.485 e. The normalized spacial score (nSPS) is 13.7. The van der Waals surface area contributed by atoms with Gasteiger partial charge in [-0.3, -0.25) is 19.2 Å². The van der Waals surface area contributed by atoms with E-state index >= 15 is 0 Å². The summed E-state index contributed by atoms with van der Waals surface area (Å²) < 4.78 is 70.2. The molecular weight excluding hydrogens is 441 g/mol. The van der Waals surface area contributed by atoms with Crippen LogP contribution in [0.3, 0.4) is 0 Å². The van der Waals surface area contributed by atoms with Crippen LogP contribution in [0.4, 0.5) is 24.5 Å². The summed E-state index contributed by atoms with van der Waals surface area (Å²) in [5.74, 6) is -1.39. The number of hydrogen-bond donors (Lipinski definition) is 0. The highest BCUT2D eigenvalue weighted by atomic mass is 32.2. The van der Waals surface area contributed by atoms with Crippen LogP contribution in [0.5, 0.6) is 5.75 Å². The Morgan fingerprint density at radius 1 is 1.23 bits per heavy atom. The molecule has 0 atom stereocenters. The van der Waals surface area contributed by atoms with Crippen LogP contribution in [0.2, 0.25) is 0 Å². The molecule has 0 aliphatic carbocycles. The molecule has 3 rings (SSSR count). The molecule has 2 aromatic rings. The highest BCUT2D eigenvalue weighted by Crippen LogP contribution is 2.38. The van der Waals surface area contributed by atoms with Crippen molar-refractivity contribution in [2.24, 2.45) is 0 Å². The lowest BCUT2D eigenvalue weighted by Crippen LogP contribution is -2.30. The Morgan fingerprint density at radius 2 is 1.94 bits per heavy atom. The van der Waals surface area contributed by atoms with Crippen LogP contribution in [0.25, 0.3) is 0 Å². The fourth-order valence-corrected chi connectivity index (χ4v) is 4.35. The number of ether oxygens (including phenoxy) is 1. The second-order valence-electron chi connectivity index (χ2n) is 6.71. The predicted octanol–water partition coefficient (Wildman–Crippen LogP) is 3.59. The Hall–Kier alpha value is -3.15. The van der Waals surface area contributed by atoms with Gasteiger partial charge in [-0.05, 0) is 43.2 Å². The Morgan fingerprint density at radius 3 is 2.55 bits per heavy atom. The van der Waals surface area contributed by atoms with Crippen molar-refractivity contribution in [1.82, 2.24) is 0 Å². The van der Waals surface area contributed by atoms with E-state index in [0.29, 0.717) is 23.7 Å². The third kappa shape index (κ3) is 4.63. The molecule has 0 aromatic heterocycles. The molecule has 1 aliphatic heterocycles. The van der Waals surface area contributed by atoms with E-state index in [1.807, 2.05) is 0 Å². The minimum atomic E-state index is -4.91. The number of ketones is 1. The summed E-state index contributed by atoms with van der Waals surface area (Å²) in [7, 11) is -3.45. The number of fused-ring (bicyclic) bond motifs is 1. The van der Waals surface area contributed by atoms with Crippen LogP contribution in [0, 0.1) is 10.1 Å². The number of halogens is 3. The van der Waals surface area contributed by atoms with Crippen molar-refractivity contribution >= 4 is 27.2 Å². The van der Waals surface area contributed by atoms with Gasteiger partial charge in [0.15, 0.2) is 12.4 Å². The van der Waals surface area contributed by atoms with Gasteiger partial charge in [-0.2, -0.15) is 13.2 Å². The van der Waals surface area contributed by atoms with Gasteiger partial charge in [0.2, 0.25) is 10.0 Å². The summed E-state index contributed by atoms with van der Waals surface area (Å²) >= 11 is 0. The van der Waals surface area contributed by atoms with Crippen LogP contribution in [0.1, 0.15) is 28.4 Å². The van der Waals surface area contributed by atoms with Gasteiger partial charge in [0.1, 0.15) is 11.3 Å². The number of hydrogen-bond acceptors (Lipinski definition) is 6. The maximum Gasteiger partial charge on any atom is 0.420 e. The molecule has 0 fully saturated rings. The number of carbonyl (C=O) groups excluding carboxylic acids is 1. The lowest BCUT2D eigenvalue weighted by atomic mass is 10.1. The van der Waals surface area contributed by atoms with Crippen molar-refractivity contribution in [2.45, 2.75) is 19.5 Å². The Bertz CT molecular complexity index is 1150. The quantitative estimate of drug-likeness (QED) is 0.357. The molecule has 2 aromatic carbocycles. The zero-order chi connectivity index (χ0) is 23.0. The van der Waals surface area contributed by atoms with E-state index in [0.717, 1.165) is 12.1 Å². The molecule has 1 aliphatic rings. The number of rotatable bonds is 7. The molecular formula is C19H17F3N2O6S. The van der Waals surface area contributed by atoms with Crippen molar-refractivity contribution in [1.29, 1.82) is 0 Å². The third-order valence-electron chi connectivity index (χ3n) is 4.79. The molecule has 1 heterocycles. The number of benzene rings is 2. The average molecular weight is 458 g/mol. The molecule has 8 nitrogen and oxygen atoms in total. The summed E-state index contributed by atoms with van der Waals surface area (Å²) in [4.78, 5) is 22.2. The molecule has 12 heteroatoms. The molecule has 0 radical (unpaired) electrons. The van der Waals surface area contributed by atoms with Crippen LogP contribution in [0.15, 0.2) is 36.4 Å². The van der Waals surface area contributed by atoms with Gasteiger partial charge < -0.3 is 4.74 Å². The number of Topliss-reactive ketones (excluding diaryl/α,β-unsaturated/α-hetero) is 1. The summed E-state index contributed by atoms with van der Waals surface area (Å²) in [6.45, 7) is 1.05. The van der Waals surface area contributed by atoms with E-state index in [9.17, 15) is 36.5 Å². The van der Waals surface area contributed by atoms with Crippen molar-refractivity contribution in [3.05, 3.63) is 63.2 Å². The fraction of sp³-hybridized carbons (Fsp3) is 0.316. The first kappa shape index (κ1) is 22.5. The van der Waals surface area contributed by atoms with Gasteiger partial charge in [0.25, 0.3) is 5.69 Å². The maximum atomic E-state index is 13.2. The minimum Gasteiger partial charge on any atom is -0.485 e. The highest BCUT2D eigenvalue weighted by molar-refractivity contribution is 7.92. The molecule has 166 valence electrons. The number of nitro groups is 1. The minimum absolute atomic E-state index is 0.0717. The first-order valence-corrected chi connectivity index (χ1v) is 10.7. The summed E-state index contributed by atoms with van der Waals surface area (Å²) in [5.41, 5.74) is -0.853. The Balaban J connectivity index is 1.79. The van der Waals surface area contributed by atoms with Crippen molar-refractivity contribution in [3.63, 3.8) is 0 Å². The number of alkyl halides is 3. The maximum absolute atomic E-state index is 13.2. The number of non-ortho nitro benzene ring substituents is 1. The molecule has 31 heavy (non-hydrogen) atoms. The Kier molecular flexibility index (Phi) is 5.94. The van der Waals surface area contributed by atoms with Crippen LogP contribution in [-0.2, 0) is 22.6 Å². The molecule has 0 bridgehead atoms. The zero-order valence-electron chi connectivity index (χ0n) is 16.2. The van der Waals surface area contributed by atoms with Crippen molar-refractivity contribution in [2.75, 3.05) is 23.2 Å². The number of nitrogens with zero attached hydrogens (tertiary/aromatic N) is 2. The van der Waals surface area contributed by atoms with Crippen LogP contribution < -0.4 is 9.04 Å². The third-order valence-corrected chi connectivity index (χ3v) is 6.57. The molecule has 0 N–H and O–H groups in total. The van der Waals surface area contributed by atoms with Gasteiger partial charge in [-0.25, -0.2) is 8.42 Å². The van der Waals surface area contributed by atoms with Gasteiger partial charge >= 0.3 is 6.18 Å². The smallest absolute Gasteiger partial charge is 0.420 e. The van der Waals surface area contributed by atoms with E-state index in [4.69, 9.17) is 4.74 Å². The van der Waals surface area contributed by atoms with E-state index < -0.39 is 50.5 Å². The summed E-state index contributed by atoms with van der Waals surface area (Å²) in [5, 5.41) is 10.7. The topological polar surface area (TPSA) is 107 Å². The van der Waals surface area contributed by atoms with Crippen molar-refractivity contribution in [3.8, 4) is 5.75 Å². The number of carbonyl (C=O) groups is 1. The number of sulfonamides is 1. The van der Waals surface area contributed by atoms with E-state index in [1.54, 1.807) is 0 Å². The fourth-order valence-electron chi connectivity index (χ4n) is 3.20.